The minimum absolute atomic E-state index is 0.241. The Morgan fingerprint density at radius 2 is 1.79 bits per heavy atom. The predicted octanol–water partition coefficient (Wildman–Crippen LogP) is 5.88. The smallest absolute Gasteiger partial charge is 0.325 e. The highest BCUT2D eigenvalue weighted by molar-refractivity contribution is 8.01. The third-order valence-corrected chi connectivity index (χ3v) is 6.53. The minimum Gasteiger partial charge on any atom is -0.496 e. The Kier molecular flexibility index (Phi) is 7.01. The van der Waals surface area contributed by atoms with Crippen LogP contribution < -0.4 is 15.4 Å². The van der Waals surface area contributed by atoms with E-state index in [0.717, 1.165) is 14.8 Å². The Morgan fingerprint density at radius 1 is 0.970 bits per heavy atom. The quantitative estimate of drug-likeness (QED) is 0.324. The van der Waals surface area contributed by atoms with Gasteiger partial charge < -0.3 is 10.1 Å². The zero-order chi connectivity index (χ0) is 23.2. The molecule has 0 radical (unpaired) electrons. The number of ketones is 1. The Morgan fingerprint density at radius 3 is 2.58 bits per heavy atom. The molecule has 2 N–H and O–H groups in total. The molecule has 0 spiro atoms. The van der Waals surface area contributed by atoms with E-state index >= 15 is 0 Å². The van der Waals surface area contributed by atoms with Gasteiger partial charge in [-0.1, -0.05) is 52.9 Å². The van der Waals surface area contributed by atoms with Crippen molar-refractivity contribution < 1.29 is 14.3 Å². The van der Waals surface area contributed by atoms with Gasteiger partial charge in [-0.2, -0.15) is 0 Å². The van der Waals surface area contributed by atoms with Crippen molar-refractivity contribution in [2.45, 2.75) is 16.2 Å². The third kappa shape index (κ3) is 5.57. The highest BCUT2D eigenvalue weighted by Gasteiger charge is 2.19. The number of carbonyl (C=O) groups is 2. The van der Waals surface area contributed by atoms with E-state index in [4.69, 9.17) is 4.74 Å². The standard InChI is InChI=1S/C24H20N4O3S2/c1-15-10-11-18(17(13-15)22(29)16-7-3-4-8-19(16)31-2)27-23(30)28-24-26-14-21(33-24)32-20-9-5-6-12-25-20/h3-14H,1-2H3,(H2,26,27,28,30). The number of hydrogen-bond donors (Lipinski definition) is 2. The van der Waals surface area contributed by atoms with Crippen molar-refractivity contribution >= 4 is 45.7 Å². The summed E-state index contributed by atoms with van der Waals surface area (Å²) in [5.41, 5.74) is 2.09. The number of nitrogens with one attached hydrogen (secondary N) is 2. The van der Waals surface area contributed by atoms with Gasteiger partial charge in [0.2, 0.25) is 0 Å². The fraction of sp³-hybridized carbons (Fsp3) is 0.0833. The summed E-state index contributed by atoms with van der Waals surface area (Å²) in [5, 5.41) is 6.78. The first-order chi connectivity index (χ1) is 16.0. The van der Waals surface area contributed by atoms with Crippen molar-refractivity contribution in [1.29, 1.82) is 0 Å². The molecule has 2 aromatic carbocycles. The average molecular weight is 477 g/mol. The van der Waals surface area contributed by atoms with Crippen molar-refractivity contribution in [3.8, 4) is 5.75 Å². The lowest BCUT2D eigenvalue weighted by Crippen LogP contribution is -2.21. The lowest BCUT2D eigenvalue weighted by molar-refractivity contribution is 0.103. The van der Waals surface area contributed by atoms with Crippen LogP contribution in [-0.2, 0) is 0 Å². The molecule has 33 heavy (non-hydrogen) atoms. The molecule has 0 aliphatic heterocycles. The van der Waals surface area contributed by atoms with E-state index in [-0.39, 0.29) is 5.78 Å². The number of amides is 2. The molecule has 2 amide bonds. The molecule has 2 heterocycles. The molecule has 9 heteroatoms. The van der Waals surface area contributed by atoms with Crippen LogP contribution in [0.2, 0.25) is 0 Å². The topological polar surface area (TPSA) is 93.2 Å². The van der Waals surface area contributed by atoms with Crippen LogP contribution in [0.25, 0.3) is 0 Å². The second-order valence-corrected chi connectivity index (χ2v) is 9.26. The molecule has 0 atom stereocenters. The summed E-state index contributed by atoms with van der Waals surface area (Å²) < 4.78 is 6.22. The molecule has 0 aliphatic rings. The van der Waals surface area contributed by atoms with Crippen LogP contribution in [0, 0.1) is 6.92 Å². The average Bonchev–Trinajstić information content (AvgIpc) is 3.26. The molecule has 7 nitrogen and oxygen atoms in total. The summed E-state index contributed by atoms with van der Waals surface area (Å²) in [5.74, 6) is 0.231. The van der Waals surface area contributed by atoms with E-state index < -0.39 is 6.03 Å². The first-order valence-corrected chi connectivity index (χ1v) is 11.6. The van der Waals surface area contributed by atoms with Crippen LogP contribution in [0.4, 0.5) is 15.6 Å². The molecular weight excluding hydrogens is 456 g/mol. The predicted molar refractivity (Wildman–Crippen MR) is 131 cm³/mol. The van der Waals surface area contributed by atoms with Crippen LogP contribution >= 0.6 is 23.1 Å². The number of urea groups is 1. The number of hydrogen-bond acceptors (Lipinski definition) is 7. The minimum atomic E-state index is -0.489. The van der Waals surface area contributed by atoms with Gasteiger partial charge in [-0.15, -0.1) is 0 Å². The normalized spacial score (nSPS) is 10.5. The van der Waals surface area contributed by atoms with Crippen molar-refractivity contribution in [2.24, 2.45) is 0 Å². The van der Waals surface area contributed by atoms with E-state index in [9.17, 15) is 9.59 Å². The van der Waals surface area contributed by atoms with Gasteiger partial charge in [-0.25, -0.2) is 14.8 Å². The second-order valence-electron chi connectivity index (χ2n) is 6.91. The van der Waals surface area contributed by atoms with Gasteiger partial charge in [0.25, 0.3) is 0 Å². The zero-order valence-corrected chi connectivity index (χ0v) is 19.5. The maximum atomic E-state index is 13.2. The van der Waals surface area contributed by atoms with E-state index in [0.29, 0.717) is 27.7 Å². The number of anilines is 2. The lowest BCUT2D eigenvalue weighted by atomic mass is 9.99. The maximum absolute atomic E-state index is 13.2. The lowest BCUT2D eigenvalue weighted by Gasteiger charge is -2.13. The molecule has 4 aromatic rings. The molecule has 0 saturated carbocycles. The number of ether oxygens (including phenoxy) is 1. The highest BCUT2D eigenvalue weighted by atomic mass is 32.2. The van der Waals surface area contributed by atoms with Crippen molar-refractivity contribution in [3.05, 3.63) is 89.7 Å². The van der Waals surface area contributed by atoms with Gasteiger partial charge in [-0.05, 0) is 43.3 Å². The maximum Gasteiger partial charge on any atom is 0.325 e. The summed E-state index contributed by atoms with van der Waals surface area (Å²) in [6, 6.07) is 17.5. The van der Waals surface area contributed by atoms with Gasteiger partial charge in [0, 0.05) is 11.8 Å². The van der Waals surface area contributed by atoms with Gasteiger partial charge in [0.15, 0.2) is 10.9 Å². The van der Waals surface area contributed by atoms with E-state index in [1.54, 1.807) is 48.8 Å². The highest BCUT2D eigenvalue weighted by Crippen LogP contribution is 2.33. The molecule has 0 unspecified atom stereocenters. The van der Waals surface area contributed by atoms with Gasteiger partial charge in [0.1, 0.15) is 10.8 Å². The van der Waals surface area contributed by atoms with E-state index in [1.165, 1.54) is 30.2 Å². The Bertz CT molecular complexity index is 1290. The summed E-state index contributed by atoms with van der Waals surface area (Å²) in [7, 11) is 1.52. The number of pyridine rings is 1. The fourth-order valence-corrected chi connectivity index (χ4v) is 4.83. The third-order valence-electron chi connectivity index (χ3n) is 4.57. The monoisotopic (exact) mass is 476 g/mol. The first kappa shape index (κ1) is 22.5. The van der Waals surface area contributed by atoms with Crippen molar-refractivity contribution in [2.75, 3.05) is 17.7 Å². The molecule has 0 aliphatic carbocycles. The van der Waals surface area contributed by atoms with Crippen molar-refractivity contribution in [1.82, 2.24) is 9.97 Å². The fourth-order valence-electron chi connectivity index (χ4n) is 3.06. The Balaban J connectivity index is 1.49. The summed E-state index contributed by atoms with van der Waals surface area (Å²) in [6.45, 7) is 1.89. The molecule has 4 rings (SSSR count). The van der Waals surface area contributed by atoms with Crippen LogP contribution in [0.15, 0.2) is 82.3 Å². The number of aromatic nitrogens is 2. The van der Waals surface area contributed by atoms with Gasteiger partial charge >= 0.3 is 6.03 Å². The van der Waals surface area contributed by atoms with Gasteiger partial charge in [-0.3, -0.25) is 10.1 Å². The summed E-state index contributed by atoms with van der Waals surface area (Å²) in [6.07, 6.45) is 3.41. The number of benzene rings is 2. The Hall–Kier alpha value is -3.69. The number of para-hydroxylation sites is 1. The SMILES string of the molecule is COc1ccccc1C(=O)c1cc(C)ccc1NC(=O)Nc1ncc(Sc2ccccn2)s1. The van der Waals surface area contributed by atoms with Crippen LogP contribution in [0.5, 0.6) is 5.75 Å². The first-order valence-electron chi connectivity index (χ1n) is 9.94. The number of rotatable bonds is 7. The summed E-state index contributed by atoms with van der Waals surface area (Å²) in [4.78, 5) is 34.4. The second kappa shape index (κ2) is 10.3. The Labute approximate surface area is 199 Å². The van der Waals surface area contributed by atoms with Crippen molar-refractivity contribution in [3.63, 3.8) is 0 Å². The molecule has 0 saturated heterocycles. The van der Waals surface area contributed by atoms with Crippen LogP contribution in [0.3, 0.4) is 0 Å². The molecule has 0 bridgehead atoms. The molecule has 2 aromatic heterocycles. The number of methoxy groups -OCH3 is 1. The zero-order valence-electron chi connectivity index (χ0n) is 17.9. The van der Waals surface area contributed by atoms with Crippen LogP contribution in [-0.4, -0.2) is 28.9 Å². The molecule has 166 valence electrons. The number of nitrogens with zero attached hydrogens (tertiary/aromatic N) is 2. The van der Waals surface area contributed by atoms with E-state index in [2.05, 4.69) is 20.6 Å². The largest absolute Gasteiger partial charge is 0.496 e. The van der Waals surface area contributed by atoms with Crippen LogP contribution in [0.1, 0.15) is 21.5 Å². The number of thiazole rings is 1. The van der Waals surface area contributed by atoms with Gasteiger partial charge in [0.05, 0.1) is 28.8 Å². The number of aryl methyl sites for hydroxylation is 1. The number of carbonyl (C=O) groups excluding carboxylic acids is 2. The molecule has 0 fully saturated rings. The molecular formula is C24H20N4O3S2. The summed E-state index contributed by atoms with van der Waals surface area (Å²) >= 11 is 2.80. The van der Waals surface area contributed by atoms with E-state index in [1.807, 2.05) is 31.2 Å².